The van der Waals surface area contributed by atoms with E-state index in [0.717, 1.165) is 11.4 Å². The van der Waals surface area contributed by atoms with Crippen molar-refractivity contribution >= 4 is 30.0 Å². The van der Waals surface area contributed by atoms with Gasteiger partial charge in [-0.05, 0) is 0 Å². The van der Waals surface area contributed by atoms with Crippen molar-refractivity contribution < 1.29 is 17.0 Å². The third-order valence-corrected chi connectivity index (χ3v) is 1.36. The molecule has 13 heavy (non-hydrogen) atoms. The molecule has 0 aromatic heterocycles. The van der Waals surface area contributed by atoms with Gasteiger partial charge in [-0.25, -0.2) is 0 Å². The van der Waals surface area contributed by atoms with E-state index in [0.29, 0.717) is 0 Å². The van der Waals surface area contributed by atoms with Crippen LogP contribution in [0.4, 0.5) is 11.4 Å². The van der Waals surface area contributed by atoms with Crippen molar-refractivity contribution in [2.75, 3.05) is 14.1 Å². The predicted octanol–water partition coefficient (Wildman–Crippen LogP) is 4.33. The van der Waals surface area contributed by atoms with Crippen LogP contribution < -0.4 is 0 Å². The molecule has 0 spiro atoms. The maximum absolute atomic E-state index is 4.89. The molecule has 0 aliphatic heterocycles. The van der Waals surface area contributed by atoms with E-state index in [2.05, 4.69) is 10.6 Å². The zero-order chi connectivity index (χ0) is 10.1. The molecule has 0 aliphatic carbocycles. The van der Waals surface area contributed by atoms with E-state index in [9.17, 15) is 0 Å². The quantitative estimate of drug-likeness (QED) is 0.701. The van der Waals surface area contributed by atoms with Crippen LogP contribution in [0.15, 0.2) is 24.3 Å². The van der Waals surface area contributed by atoms with Gasteiger partial charge in [0, 0.05) is 0 Å². The van der Waals surface area contributed by atoms with Crippen LogP contribution in [-0.2, 0) is 17.0 Å². The number of benzene rings is 1. The van der Waals surface area contributed by atoms with Gasteiger partial charge in [0.25, 0.3) is 0 Å². The standard InChI is InChI=1S/C8H10N2.2ClH.Ti/c1-9-7-5-3-4-6-8(7)10-2;;;/h3-6H,1-2H3;2*1H;/q-2;;;+2/p-2. The van der Waals surface area contributed by atoms with Gasteiger partial charge >= 0.3 is 35.6 Å². The molecule has 0 amide bonds. The Morgan fingerprint density at radius 1 is 1.00 bits per heavy atom. The summed E-state index contributed by atoms with van der Waals surface area (Å²) < 4.78 is 0. The third-order valence-electron chi connectivity index (χ3n) is 1.36. The second-order valence-corrected chi connectivity index (χ2v) is 4.59. The zero-order valence-corrected chi connectivity index (χ0v) is 10.5. The zero-order valence-electron chi connectivity index (χ0n) is 7.46. The molecule has 0 fully saturated rings. The molecule has 0 saturated heterocycles. The van der Waals surface area contributed by atoms with Crippen LogP contribution in [0.1, 0.15) is 0 Å². The van der Waals surface area contributed by atoms with E-state index in [-0.39, 0.29) is 0 Å². The fourth-order valence-corrected chi connectivity index (χ4v) is 0.842. The van der Waals surface area contributed by atoms with Gasteiger partial charge < -0.3 is 10.6 Å². The molecular formula is C8H10Cl2N2Ti-2. The van der Waals surface area contributed by atoms with Crippen LogP contribution in [0.3, 0.4) is 0 Å². The van der Waals surface area contributed by atoms with E-state index < -0.39 is 17.0 Å². The van der Waals surface area contributed by atoms with E-state index in [1.807, 2.05) is 24.3 Å². The molecule has 0 bridgehead atoms. The van der Waals surface area contributed by atoms with Crippen LogP contribution in [0.25, 0.3) is 10.6 Å². The van der Waals surface area contributed by atoms with Crippen LogP contribution in [0, 0.1) is 0 Å². The number of hydrogen-bond acceptors (Lipinski definition) is 0. The summed E-state index contributed by atoms with van der Waals surface area (Å²) in [5, 5.41) is 8.10. The first-order chi connectivity index (χ1) is 6.29. The molecule has 0 atom stereocenters. The molecule has 5 heteroatoms. The van der Waals surface area contributed by atoms with E-state index in [1.165, 1.54) is 0 Å². The fourth-order valence-electron chi connectivity index (χ4n) is 0.842. The van der Waals surface area contributed by atoms with Crippen molar-refractivity contribution in [3.05, 3.63) is 34.9 Å². The van der Waals surface area contributed by atoms with E-state index >= 15 is 0 Å². The Morgan fingerprint density at radius 2 is 1.31 bits per heavy atom. The molecule has 2 nitrogen and oxygen atoms in total. The van der Waals surface area contributed by atoms with Crippen LogP contribution in [0.5, 0.6) is 0 Å². The first kappa shape index (κ1) is 13.1. The Hall–Kier alpha value is 0.114. The second kappa shape index (κ2) is 8.70. The van der Waals surface area contributed by atoms with Gasteiger partial charge in [-0.1, -0.05) is 24.3 Å². The molecule has 0 heterocycles. The average molecular weight is 253 g/mol. The first-order valence-electron chi connectivity index (χ1n) is 3.55. The summed E-state index contributed by atoms with van der Waals surface area (Å²) in [4.78, 5) is 0. The minimum absolute atomic E-state index is 0.556. The summed E-state index contributed by atoms with van der Waals surface area (Å²) >= 11 is -0.556. The Kier molecular flexibility index (Phi) is 8.78. The number of hydrogen-bond donors (Lipinski definition) is 0. The van der Waals surface area contributed by atoms with E-state index in [1.54, 1.807) is 14.1 Å². The molecule has 1 aromatic carbocycles. The summed E-state index contributed by atoms with van der Waals surface area (Å²) in [5.74, 6) is 0. The topological polar surface area (TPSA) is 28.2 Å². The van der Waals surface area contributed by atoms with Crippen molar-refractivity contribution in [1.82, 2.24) is 0 Å². The normalized spacial score (nSPS) is 8.00. The maximum atomic E-state index is 4.89. The van der Waals surface area contributed by atoms with Gasteiger partial charge in [0.05, 0.1) is 0 Å². The number of nitrogens with zero attached hydrogens (tertiary/aromatic N) is 2. The number of para-hydroxylation sites is 2. The Bertz CT molecular complexity index is 210. The Morgan fingerprint density at radius 3 is 1.54 bits per heavy atom. The fraction of sp³-hybridized carbons (Fsp3) is 0.250. The van der Waals surface area contributed by atoms with E-state index in [4.69, 9.17) is 18.6 Å². The molecule has 0 radical (unpaired) electrons. The molecule has 72 valence electrons. The van der Waals surface area contributed by atoms with Gasteiger partial charge in [-0.15, -0.1) is 14.1 Å². The monoisotopic (exact) mass is 252 g/mol. The SMILES string of the molecule is C[N-]c1ccccc1[N-]C.[Cl][Ti][Cl]. The van der Waals surface area contributed by atoms with Crippen molar-refractivity contribution in [2.45, 2.75) is 0 Å². The van der Waals surface area contributed by atoms with Crippen LogP contribution >= 0.6 is 18.6 Å². The molecular weight excluding hydrogens is 243 g/mol. The summed E-state index contributed by atoms with van der Waals surface area (Å²) in [7, 11) is 13.3. The van der Waals surface area contributed by atoms with Crippen LogP contribution in [-0.4, -0.2) is 14.1 Å². The summed E-state index contributed by atoms with van der Waals surface area (Å²) in [6.45, 7) is 0. The van der Waals surface area contributed by atoms with Crippen molar-refractivity contribution in [3.8, 4) is 0 Å². The summed E-state index contributed by atoms with van der Waals surface area (Å²) in [5.41, 5.74) is 1.90. The molecule has 0 saturated carbocycles. The van der Waals surface area contributed by atoms with Crippen molar-refractivity contribution in [2.24, 2.45) is 0 Å². The third kappa shape index (κ3) is 5.42. The van der Waals surface area contributed by atoms with Gasteiger partial charge in [0.1, 0.15) is 0 Å². The van der Waals surface area contributed by atoms with Crippen LogP contribution in [0.2, 0.25) is 0 Å². The average Bonchev–Trinajstić information content (AvgIpc) is 2.19. The molecule has 0 N–H and O–H groups in total. The second-order valence-electron chi connectivity index (χ2n) is 2.01. The summed E-state index contributed by atoms with van der Waals surface area (Å²) in [6, 6.07) is 7.80. The molecule has 0 aliphatic rings. The van der Waals surface area contributed by atoms with Gasteiger partial charge in [0.2, 0.25) is 0 Å². The number of rotatable bonds is 2. The Labute approximate surface area is 95.7 Å². The van der Waals surface area contributed by atoms with Gasteiger partial charge in [-0.3, -0.25) is 0 Å². The first-order valence-corrected chi connectivity index (χ1v) is 7.84. The van der Waals surface area contributed by atoms with Crippen molar-refractivity contribution in [3.63, 3.8) is 0 Å². The molecule has 1 rings (SSSR count). The minimum atomic E-state index is -0.556. The molecule has 0 unspecified atom stereocenters. The van der Waals surface area contributed by atoms with Gasteiger partial charge in [0.15, 0.2) is 0 Å². The Balaban J connectivity index is 0.000000424. The van der Waals surface area contributed by atoms with Crippen molar-refractivity contribution in [1.29, 1.82) is 0 Å². The number of halogens is 2. The molecule has 1 aromatic rings. The van der Waals surface area contributed by atoms with Gasteiger partial charge in [-0.2, -0.15) is 11.4 Å². The summed E-state index contributed by atoms with van der Waals surface area (Å²) in [6.07, 6.45) is 0. The predicted molar refractivity (Wildman–Crippen MR) is 56.0 cm³/mol.